The molecule has 0 aliphatic rings. The highest BCUT2D eigenvalue weighted by molar-refractivity contribution is 6.30. The fraction of sp³-hybridized carbons (Fsp3) is 0.250. The van der Waals surface area contributed by atoms with E-state index in [2.05, 4.69) is 0 Å². The molecular formula is C16H17ClFNO. The van der Waals surface area contributed by atoms with Gasteiger partial charge in [0.05, 0.1) is 18.2 Å². The Balaban J connectivity index is 2.52. The van der Waals surface area contributed by atoms with Crippen molar-refractivity contribution in [3.63, 3.8) is 0 Å². The Hall–Kier alpha value is -1.58. The van der Waals surface area contributed by atoms with Gasteiger partial charge in [0, 0.05) is 5.56 Å². The second-order valence-corrected chi connectivity index (χ2v) is 5.26. The molecular weight excluding hydrogens is 277 g/mol. The van der Waals surface area contributed by atoms with Gasteiger partial charge in [0.1, 0.15) is 11.6 Å². The number of rotatable bonds is 3. The van der Waals surface area contributed by atoms with E-state index in [4.69, 9.17) is 22.1 Å². The molecule has 1 atom stereocenters. The summed E-state index contributed by atoms with van der Waals surface area (Å²) in [6.07, 6.45) is 0. The third-order valence-electron chi connectivity index (χ3n) is 3.33. The molecule has 0 saturated carbocycles. The Morgan fingerprint density at radius 2 is 1.90 bits per heavy atom. The van der Waals surface area contributed by atoms with Crippen molar-refractivity contribution in [1.29, 1.82) is 0 Å². The highest BCUT2D eigenvalue weighted by Gasteiger charge is 2.18. The van der Waals surface area contributed by atoms with Crippen LogP contribution in [0, 0.1) is 19.7 Å². The van der Waals surface area contributed by atoms with Crippen LogP contribution in [0.3, 0.4) is 0 Å². The van der Waals surface area contributed by atoms with Crippen molar-refractivity contribution < 1.29 is 9.13 Å². The van der Waals surface area contributed by atoms with E-state index in [0.29, 0.717) is 11.3 Å². The first-order valence-corrected chi connectivity index (χ1v) is 6.67. The van der Waals surface area contributed by atoms with E-state index in [9.17, 15) is 4.39 Å². The fourth-order valence-corrected chi connectivity index (χ4v) is 2.50. The lowest BCUT2D eigenvalue weighted by Gasteiger charge is -2.19. The number of nitrogens with two attached hydrogens (primary N) is 1. The summed E-state index contributed by atoms with van der Waals surface area (Å²) in [6.45, 7) is 3.96. The molecule has 2 aromatic carbocycles. The standard InChI is InChI=1S/C16H17ClFNO/c1-9-6-10(2)15(14(7-9)20-3)16(19)11-4-5-12(17)13(18)8-11/h4-8,16H,19H2,1-3H3. The normalized spacial score (nSPS) is 12.3. The van der Waals surface area contributed by atoms with Gasteiger partial charge in [0.25, 0.3) is 0 Å². The first-order chi connectivity index (χ1) is 9.43. The van der Waals surface area contributed by atoms with E-state index in [0.717, 1.165) is 16.7 Å². The number of methoxy groups -OCH3 is 1. The molecule has 0 radical (unpaired) electrons. The van der Waals surface area contributed by atoms with Crippen molar-refractivity contribution in [2.24, 2.45) is 5.73 Å². The number of halogens is 2. The number of ether oxygens (including phenoxy) is 1. The van der Waals surface area contributed by atoms with Crippen LogP contribution in [0.4, 0.5) is 4.39 Å². The van der Waals surface area contributed by atoms with E-state index in [1.165, 1.54) is 12.1 Å². The maximum Gasteiger partial charge on any atom is 0.142 e. The predicted octanol–water partition coefficient (Wildman–Crippen LogP) is 4.15. The number of hydrogen-bond acceptors (Lipinski definition) is 2. The van der Waals surface area contributed by atoms with Gasteiger partial charge in [-0.15, -0.1) is 0 Å². The second-order valence-electron chi connectivity index (χ2n) is 4.85. The van der Waals surface area contributed by atoms with E-state index in [1.54, 1.807) is 13.2 Å². The van der Waals surface area contributed by atoms with Crippen molar-refractivity contribution in [3.8, 4) is 5.75 Å². The van der Waals surface area contributed by atoms with Gasteiger partial charge in [-0.2, -0.15) is 0 Å². The van der Waals surface area contributed by atoms with Crippen LogP contribution >= 0.6 is 11.6 Å². The number of aryl methyl sites for hydroxylation is 2. The lowest BCUT2D eigenvalue weighted by atomic mass is 9.93. The molecule has 0 heterocycles. The quantitative estimate of drug-likeness (QED) is 0.922. The van der Waals surface area contributed by atoms with Gasteiger partial charge in [-0.05, 0) is 48.7 Å². The summed E-state index contributed by atoms with van der Waals surface area (Å²) in [5, 5.41) is 0.0912. The molecule has 2 aromatic rings. The summed E-state index contributed by atoms with van der Waals surface area (Å²) < 4.78 is 19.0. The van der Waals surface area contributed by atoms with Gasteiger partial charge in [-0.25, -0.2) is 4.39 Å². The summed E-state index contributed by atoms with van der Waals surface area (Å²) in [6, 6.07) is 8.11. The molecule has 0 aliphatic heterocycles. The summed E-state index contributed by atoms with van der Waals surface area (Å²) in [7, 11) is 1.60. The molecule has 0 aliphatic carbocycles. The highest BCUT2D eigenvalue weighted by atomic mass is 35.5. The van der Waals surface area contributed by atoms with E-state index in [1.807, 2.05) is 26.0 Å². The first kappa shape index (κ1) is 14.8. The van der Waals surface area contributed by atoms with Crippen LogP contribution in [0.25, 0.3) is 0 Å². The maximum atomic E-state index is 13.6. The van der Waals surface area contributed by atoms with Crippen LogP contribution in [0.1, 0.15) is 28.3 Å². The summed E-state index contributed by atoms with van der Waals surface area (Å²) in [5.41, 5.74) is 9.91. The third-order valence-corrected chi connectivity index (χ3v) is 3.63. The zero-order valence-corrected chi connectivity index (χ0v) is 12.5. The molecule has 2 rings (SSSR count). The lowest BCUT2D eigenvalue weighted by molar-refractivity contribution is 0.407. The fourth-order valence-electron chi connectivity index (χ4n) is 2.38. The van der Waals surface area contributed by atoms with Crippen LogP contribution in [0.5, 0.6) is 5.75 Å². The molecule has 0 saturated heterocycles. The summed E-state index contributed by atoms with van der Waals surface area (Å²) >= 11 is 5.70. The van der Waals surface area contributed by atoms with Crippen LogP contribution in [0.15, 0.2) is 30.3 Å². The summed E-state index contributed by atoms with van der Waals surface area (Å²) in [5.74, 6) is 0.244. The monoisotopic (exact) mass is 293 g/mol. The third kappa shape index (κ3) is 2.79. The predicted molar refractivity (Wildman–Crippen MR) is 79.9 cm³/mol. The Bertz CT molecular complexity index is 643. The minimum atomic E-state index is -0.469. The van der Waals surface area contributed by atoms with Crippen molar-refractivity contribution >= 4 is 11.6 Å². The smallest absolute Gasteiger partial charge is 0.142 e. The van der Waals surface area contributed by atoms with E-state index >= 15 is 0 Å². The molecule has 0 bridgehead atoms. The van der Waals surface area contributed by atoms with Crippen molar-refractivity contribution in [2.75, 3.05) is 7.11 Å². The van der Waals surface area contributed by atoms with Crippen LogP contribution < -0.4 is 10.5 Å². The Labute approximate surface area is 123 Å². The van der Waals surface area contributed by atoms with Crippen molar-refractivity contribution in [1.82, 2.24) is 0 Å². The Morgan fingerprint density at radius 1 is 1.20 bits per heavy atom. The molecule has 1 unspecified atom stereocenters. The van der Waals surface area contributed by atoms with Gasteiger partial charge in [-0.1, -0.05) is 23.7 Å². The minimum absolute atomic E-state index is 0.0912. The maximum absolute atomic E-state index is 13.6. The molecule has 0 spiro atoms. The first-order valence-electron chi connectivity index (χ1n) is 6.29. The molecule has 0 aromatic heterocycles. The molecule has 0 amide bonds. The van der Waals surface area contributed by atoms with Crippen LogP contribution in [-0.4, -0.2) is 7.11 Å². The van der Waals surface area contributed by atoms with E-state index in [-0.39, 0.29) is 5.02 Å². The molecule has 0 fully saturated rings. The molecule has 20 heavy (non-hydrogen) atoms. The van der Waals surface area contributed by atoms with Gasteiger partial charge in [-0.3, -0.25) is 0 Å². The Kier molecular flexibility index (Phi) is 4.31. The highest BCUT2D eigenvalue weighted by Crippen LogP contribution is 2.33. The molecule has 2 N–H and O–H groups in total. The topological polar surface area (TPSA) is 35.2 Å². The number of benzene rings is 2. The van der Waals surface area contributed by atoms with Gasteiger partial charge in [0.15, 0.2) is 0 Å². The average molecular weight is 294 g/mol. The Morgan fingerprint density at radius 3 is 2.50 bits per heavy atom. The van der Waals surface area contributed by atoms with Gasteiger partial charge in [0.2, 0.25) is 0 Å². The minimum Gasteiger partial charge on any atom is -0.496 e. The largest absolute Gasteiger partial charge is 0.496 e. The van der Waals surface area contributed by atoms with Crippen molar-refractivity contribution in [2.45, 2.75) is 19.9 Å². The van der Waals surface area contributed by atoms with Gasteiger partial charge < -0.3 is 10.5 Å². The van der Waals surface area contributed by atoms with E-state index < -0.39 is 11.9 Å². The second kappa shape index (κ2) is 5.81. The lowest BCUT2D eigenvalue weighted by Crippen LogP contribution is -2.15. The van der Waals surface area contributed by atoms with Crippen molar-refractivity contribution in [3.05, 3.63) is 63.4 Å². The summed E-state index contributed by atoms with van der Waals surface area (Å²) in [4.78, 5) is 0. The molecule has 4 heteroatoms. The average Bonchev–Trinajstić information content (AvgIpc) is 2.40. The number of hydrogen-bond donors (Lipinski definition) is 1. The van der Waals surface area contributed by atoms with Crippen LogP contribution in [0.2, 0.25) is 5.02 Å². The SMILES string of the molecule is COc1cc(C)cc(C)c1C(N)c1ccc(Cl)c(F)c1. The van der Waals surface area contributed by atoms with Gasteiger partial charge >= 0.3 is 0 Å². The molecule has 106 valence electrons. The molecule has 2 nitrogen and oxygen atoms in total. The zero-order chi connectivity index (χ0) is 14.9. The van der Waals surface area contributed by atoms with Crippen LogP contribution in [-0.2, 0) is 0 Å². The zero-order valence-electron chi connectivity index (χ0n) is 11.7.